The van der Waals surface area contributed by atoms with Crippen LogP contribution in [0.25, 0.3) is 11.0 Å². The van der Waals surface area contributed by atoms with Crippen LogP contribution in [-0.4, -0.2) is 6.54 Å². The zero-order chi connectivity index (χ0) is 14.5. The molecule has 2 heteroatoms. The van der Waals surface area contributed by atoms with Crippen molar-refractivity contribution in [3.8, 4) is 0 Å². The molecule has 0 aliphatic heterocycles. The third kappa shape index (κ3) is 3.43. The summed E-state index contributed by atoms with van der Waals surface area (Å²) in [5, 5.41) is 4.70. The van der Waals surface area contributed by atoms with E-state index >= 15 is 0 Å². The van der Waals surface area contributed by atoms with E-state index in [2.05, 4.69) is 51.2 Å². The van der Waals surface area contributed by atoms with E-state index in [0.717, 1.165) is 37.3 Å². The number of benzene rings is 1. The van der Waals surface area contributed by atoms with Crippen LogP contribution in [0.1, 0.15) is 51.0 Å². The molecule has 2 nitrogen and oxygen atoms in total. The molecule has 1 heterocycles. The van der Waals surface area contributed by atoms with Crippen molar-refractivity contribution in [2.75, 3.05) is 6.54 Å². The van der Waals surface area contributed by atoms with Crippen LogP contribution in [0.2, 0.25) is 0 Å². The highest BCUT2D eigenvalue weighted by Crippen LogP contribution is 2.29. The van der Waals surface area contributed by atoms with Crippen LogP contribution in [0, 0.1) is 5.92 Å². The molecule has 0 atom stereocenters. The monoisotopic (exact) mass is 273 g/mol. The molecule has 2 aromatic rings. The smallest absolute Gasteiger partial charge is 0.134 e. The minimum absolute atomic E-state index is 0.644. The molecule has 0 aliphatic carbocycles. The summed E-state index contributed by atoms with van der Waals surface area (Å²) in [5.74, 6) is 1.76. The van der Waals surface area contributed by atoms with E-state index in [-0.39, 0.29) is 0 Å². The van der Waals surface area contributed by atoms with E-state index in [1.54, 1.807) is 0 Å². The highest BCUT2D eigenvalue weighted by Gasteiger charge is 2.15. The van der Waals surface area contributed by atoms with E-state index in [0.29, 0.717) is 5.92 Å². The van der Waals surface area contributed by atoms with Gasteiger partial charge >= 0.3 is 0 Å². The molecule has 2 rings (SSSR count). The molecule has 1 N–H and O–H groups in total. The van der Waals surface area contributed by atoms with Crippen LogP contribution >= 0.6 is 0 Å². The Morgan fingerprint density at radius 3 is 2.65 bits per heavy atom. The predicted octanol–water partition coefficient (Wildman–Crippen LogP) is 4.69. The van der Waals surface area contributed by atoms with E-state index in [1.165, 1.54) is 22.9 Å². The summed E-state index contributed by atoms with van der Waals surface area (Å²) in [6.07, 6.45) is 3.42. The molecule has 0 saturated heterocycles. The van der Waals surface area contributed by atoms with Crippen LogP contribution in [0.3, 0.4) is 0 Å². The van der Waals surface area contributed by atoms with Crippen molar-refractivity contribution in [2.45, 2.75) is 53.5 Å². The molecule has 0 aliphatic rings. The molecule has 110 valence electrons. The van der Waals surface area contributed by atoms with Gasteiger partial charge in [0.05, 0.1) is 6.54 Å². The summed E-state index contributed by atoms with van der Waals surface area (Å²) in [5.41, 5.74) is 3.85. The minimum Gasteiger partial charge on any atom is -0.459 e. The van der Waals surface area contributed by atoms with E-state index in [1.807, 2.05) is 0 Å². The average Bonchev–Trinajstić information content (AvgIpc) is 2.74. The Morgan fingerprint density at radius 2 is 2.00 bits per heavy atom. The molecule has 0 spiro atoms. The second-order valence-electron chi connectivity index (χ2n) is 5.96. The van der Waals surface area contributed by atoms with Crippen molar-refractivity contribution in [3.63, 3.8) is 0 Å². The van der Waals surface area contributed by atoms with Gasteiger partial charge in [0.15, 0.2) is 0 Å². The Morgan fingerprint density at radius 1 is 1.20 bits per heavy atom. The number of hydrogen-bond acceptors (Lipinski definition) is 2. The zero-order valence-corrected chi connectivity index (χ0v) is 13.3. The molecule has 0 unspecified atom stereocenters. The van der Waals surface area contributed by atoms with E-state index in [4.69, 9.17) is 4.42 Å². The summed E-state index contributed by atoms with van der Waals surface area (Å²) in [6.45, 7) is 10.7. The fraction of sp³-hybridized carbons (Fsp3) is 0.556. The van der Waals surface area contributed by atoms with E-state index in [9.17, 15) is 0 Å². The van der Waals surface area contributed by atoms with Crippen molar-refractivity contribution in [2.24, 2.45) is 5.92 Å². The normalized spacial score (nSPS) is 11.7. The Labute approximate surface area is 122 Å². The van der Waals surface area contributed by atoms with Crippen LogP contribution in [-0.2, 0) is 19.4 Å². The van der Waals surface area contributed by atoms with Crippen molar-refractivity contribution < 1.29 is 4.42 Å². The SMILES string of the molecule is CCCc1ccc2oc(CNCC)c(CC(C)C)c2c1. The van der Waals surface area contributed by atoms with Crippen molar-refractivity contribution in [3.05, 3.63) is 35.1 Å². The van der Waals surface area contributed by atoms with Gasteiger partial charge in [-0.2, -0.15) is 0 Å². The first-order valence-corrected chi connectivity index (χ1v) is 7.89. The molecule has 0 fully saturated rings. The third-order valence-electron chi connectivity index (χ3n) is 3.63. The van der Waals surface area contributed by atoms with Crippen molar-refractivity contribution >= 4 is 11.0 Å². The lowest BCUT2D eigenvalue weighted by Crippen LogP contribution is -2.12. The zero-order valence-electron chi connectivity index (χ0n) is 13.3. The maximum absolute atomic E-state index is 6.07. The van der Waals surface area contributed by atoms with Crippen LogP contribution in [0.4, 0.5) is 0 Å². The van der Waals surface area contributed by atoms with Gasteiger partial charge in [0.1, 0.15) is 11.3 Å². The Balaban J connectivity index is 2.43. The molecule has 0 radical (unpaired) electrons. The molecule has 1 aromatic heterocycles. The second kappa shape index (κ2) is 6.94. The van der Waals surface area contributed by atoms with Gasteiger partial charge in [-0.25, -0.2) is 0 Å². The third-order valence-corrected chi connectivity index (χ3v) is 3.63. The summed E-state index contributed by atoms with van der Waals surface area (Å²) in [6, 6.07) is 6.67. The fourth-order valence-corrected chi connectivity index (χ4v) is 2.70. The molecular formula is C18H27NO. The first kappa shape index (κ1) is 15.1. The van der Waals surface area contributed by atoms with Crippen LogP contribution < -0.4 is 5.32 Å². The fourth-order valence-electron chi connectivity index (χ4n) is 2.70. The van der Waals surface area contributed by atoms with E-state index < -0.39 is 0 Å². The van der Waals surface area contributed by atoms with Crippen molar-refractivity contribution in [1.29, 1.82) is 0 Å². The lowest BCUT2D eigenvalue weighted by atomic mass is 9.98. The number of rotatable bonds is 7. The Kier molecular flexibility index (Phi) is 5.24. The average molecular weight is 273 g/mol. The lowest BCUT2D eigenvalue weighted by molar-refractivity contribution is 0.506. The van der Waals surface area contributed by atoms with Gasteiger partial charge < -0.3 is 9.73 Å². The van der Waals surface area contributed by atoms with Gasteiger partial charge in [-0.1, -0.05) is 40.2 Å². The summed E-state index contributed by atoms with van der Waals surface area (Å²) in [7, 11) is 0. The summed E-state index contributed by atoms with van der Waals surface area (Å²) < 4.78 is 6.07. The highest BCUT2D eigenvalue weighted by molar-refractivity contribution is 5.83. The summed E-state index contributed by atoms with van der Waals surface area (Å²) in [4.78, 5) is 0. The lowest BCUT2D eigenvalue weighted by Gasteiger charge is -2.07. The second-order valence-corrected chi connectivity index (χ2v) is 5.96. The van der Waals surface area contributed by atoms with Gasteiger partial charge in [0, 0.05) is 10.9 Å². The molecule has 20 heavy (non-hydrogen) atoms. The largest absolute Gasteiger partial charge is 0.459 e. The maximum Gasteiger partial charge on any atom is 0.134 e. The number of furan rings is 1. The van der Waals surface area contributed by atoms with Crippen molar-refractivity contribution in [1.82, 2.24) is 5.32 Å². The van der Waals surface area contributed by atoms with Gasteiger partial charge in [-0.05, 0) is 43.0 Å². The topological polar surface area (TPSA) is 25.2 Å². The Hall–Kier alpha value is -1.28. The maximum atomic E-state index is 6.07. The first-order chi connectivity index (χ1) is 9.65. The standard InChI is InChI=1S/C18H27NO/c1-5-7-14-8-9-17-16(11-14)15(10-13(3)4)18(20-17)12-19-6-2/h8-9,11,13,19H,5-7,10,12H2,1-4H3. The molecular weight excluding hydrogens is 246 g/mol. The molecule has 1 aromatic carbocycles. The number of fused-ring (bicyclic) bond motifs is 1. The number of hydrogen-bond donors (Lipinski definition) is 1. The predicted molar refractivity (Wildman–Crippen MR) is 86.1 cm³/mol. The Bertz CT molecular complexity index is 554. The first-order valence-electron chi connectivity index (χ1n) is 7.89. The van der Waals surface area contributed by atoms with Gasteiger partial charge in [0.25, 0.3) is 0 Å². The quantitative estimate of drug-likeness (QED) is 0.791. The minimum atomic E-state index is 0.644. The van der Waals surface area contributed by atoms with Gasteiger partial charge in [-0.3, -0.25) is 0 Å². The molecule has 0 saturated carbocycles. The van der Waals surface area contributed by atoms with Gasteiger partial charge in [0.2, 0.25) is 0 Å². The number of aryl methyl sites for hydroxylation is 1. The van der Waals surface area contributed by atoms with Gasteiger partial charge in [-0.15, -0.1) is 0 Å². The number of nitrogens with one attached hydrogen (secondary N) is 1. The summed E-state index contributed by atoms with van der Waals surface area (Å²) >= 11 is 0. The molecule has 0 bridgehead atoms. The van der Waals surface area contributed by atoms with Crippen LogP contribution in [0.5, 0.6) is 0 Å². The van der Waals surface area contributed by atoms with Crippen LogP contribution in [0.15, 0.2) is 22.6 Å². The highest BCUT2D eigenvalue weighted by atomic mass is 16.3. The molecule has 0 amide bonds.